The Morgan fingerprint density at radius 2 is 2.21 bits per heavy atom. The van der Waals surface area contributed by atoms with Crippen LogP contribution in [0.5, 0.6) is 0 Å². The summed E-state index contributed by atoms with van der Waals surface area (Å²) in [5.74, 6) is 0.802. The number of rotatable bonds is 3. The maximum Gasteiger partial charge on any atom is 0.149 e. The summed E-state index contributed by atoms with van der Waals surface area (Å²) in [7, 11) is 0. The van der Waals surface area contributed by atoms with Crippen LogP contribution in [0.3, 0.4) is 0 Å². The zero-order chi connectivity index (χ0) is 10.7. The van der Waals surface area contributed by atoms with Gasteiger partial charge < -0.3 is 0 Å². The molecule has 1 atom stereocenters. The lowest BCUT2D eigenvalue weighted by molar-refractivity contribution is -0.129. The summed E-state index contributed by atoms with van der Waals surface area (Å²) in [4.78, 5) is 24.8. The first-order chi connectivity index (χ1) is 6.50. The van der Waals surface area contributed by atoms with Gasteiger partial charge in [-0.3, -0.25) is 14.5 Å². The second kappa shape index (κ2) is 4.69. The Bertz CT molecular complexity index is 235. The van der Waals surface area contributed by atoms with E-state index in [-0.39, 0.29) is 17.6 Å². The Balaban J connectivity index is 2.40. The van der Waals surface area contributed by atoms with E-state index >= 15 is 0 Å². The van der Waals surface area contributed by atoms with E-state index in [4.69, 9.17) is 0 Å². The molecule has 0 N–H and O–H groups in total. The monoisotopic (exact) mass is 197 g/mol. The van der Waals surface area contributed by atoms with Crippen LogP contribution in [0, 0.1) is 11.8 Å². The maximum absolute atomic E-state index is 11.5. The van der Waals surface area contributed by atoms with Gasteiger partial charge in [0.15, 0.2) is 0 Å². The highest BCUT2D eigenvalue weighted by Crippen LogP contribution is 2.12. The van der Waals surface area contributed by atoms with E-state index in [2.05, 4.69) is 4.90 Å². The van der Waals surface area contributed by atoms with Crippen molar-refractivity contribution in [2.45, 2.75) is 27.2 Å². The average molecular weight is 197 g/mol. The topological polar surface area (TPSA) is 37.4 Å². The van der Waals surface area contributed by atoms with Gasteiger partial charge in [0.25, 0.3) is 0 Å². The van der Waals surface area contributed by atoms with Gasteiger partial charge in [0.05, 0.1) is 6.54 Å². The molecule has 0 aromatic rings. The highest BCUT2D eigenvalue weighted by molar-refractivity contribution is 5.84. The molecule has 3 heteroatoms. The minimum absolute atomic E-state index is 0.0999. The fraction of sp³-hybridized carbons (Fsp3) is 0.818. The quantitative estimate of drug-likeness (QED) is 0.680. The van der Waals surface area contributed by atoms with Crippen LogP contribution in [0.25, 0.3) is 0 Å². The molecule has 0 saturated carbocycles. The Labute approximate surface area is 85.5 Å². The van der Waals surface area contributed by atoms with E-state index < -0.39 is 0 Å². The molecule has 0 aliphatic carbocycles. The SMILES string of the molecule is CC(C)C(=O)CN1CCC(=O)C(C)C1. The molecule has 0 aromatic heterocycles. The van der Waals surface area contributed by atoms with Crippen molar-refractivity contribution in [1.82, 2.24) is 4.90 Å². The van der Waals surface area contributed by atoms with Crippen LogP contribution in [-0.2, 0) is 9.59 Å². The zero-order valence-corrected chi connectivity index (χ0v) is 9.25. The summed E-state index contributed by atoms with van der Waals surface area (Å²) in [6.07, 6.45) is 0.604. The number of Topliss-reactive ketones (excluding diaryl/α,β-unsaturated/α-hetero) is 2. The number of hydrogen-bond acceptors (Lipinski definition) is 3. The van der Waals surface area contributed by atoms with Gasteiger partial charge in [0.1, 0.15) is 11.6 Å². The zero-order valence-electron chi connectivity index (χ0n) is 9.25. The highest BCUT2D eigenvalue weighted by Gasteiger charge is 2.24. The molecular formula is C11H19NO2. The molecule has 3 nitrogen and oxygen atoms in total. The first-order valence-corrected chi connectivity index (χ1v) is 5.28. The summed E-state index contributed by atoms with van der Waals surface area (Å²) < 4.78 is 0. The Morgan fingerprint density at radius 3 is 2.71 bits per heavy atom. The van der Waals surface area contributed by atoms with Gasteiger partial charge in [-0.25, -0.2) is 0 Å². The summed E-state index contributed by atoms with van der Waals surface area (Å²) in [6, 6.07) is 0. The van der Waals surface area contributed by atoms with Crippen molar-refractivity contribution in [3.63, 3.8) is 0 Å². The van der Waals surface area contributed by atoms with Gasteiger partial charge in [-0.1, -0.05) is 20.8 Å². The highest BCUT2D eigenvalue weighted by atomic mass is 16.1. The van der Waals surface area contributed by atoms with E-state index in [1.165, 1.54) is 0 Å². The molecule has 0 bridgehead atoms. The van der Waals surface area contributed by atoms with Gasteiger partial charge in [0.2, 0.25) is 0 Å². The van der Waals surface area contributed by atoms with Crippen molar-refractivity contribution in [3.8, 4) is 0 Å². The van der Waals surface area contributed by atoms with Crippen molar-refractivity contribution in [2.75, 3.05) is 19.6 Å². The van der Waals surface area contributed by atoms with Gasteiger partial charge in [-0.2, -0.15) is 0 Å². The first-order valence-electron chi connectivity index (χ1n) is 5.28. The van der Waals surface area contributed by atoms with Crippen LogP contribution in [0.2, 0.25) is 0 Å². The molecule has 0 aromatic carbocycles. The van der Waals surface area contributed by atoms with Crippen LogP contribution in [0.1, 0.15) is 27.2 Å². The lowest BCUT2D eigenvalue weighted by Crippen LogP contribution is -2.42. The Hall–Kier alpha value is -0.700. The molecular weight excluding hydrogens is 178 g/mol. The molecule has 1 unspecified atom stereocenters. The van der Waals surface area contributed by atoms with Crippen LogP contribution < -0.4 is 0 Å². The summed E-state index contributed by atoms with van der Waals surface area (Å²) in [5, 5.41) is 0. The normalized spacial score (nSPS) is 24.3. The lowest BCUT2D eigenvalue weighted by atomic mass is 9.98. The van der Waals surface area contributed by atoms with E-state index in [1.54, 1.807) is 0 Å². The van der Waals surface area contributed by atoms with Crippen LogP contribution in [0.4, 0.5) is 0 Å². The molecule has 0 amide bonds. The predicted molar refractivity (Wildman–Crippen MR) is 55.1 cm³/mol. The van der Waals surface area contributed by atoms with E-state index in [9.17, 15) is 9.59 Å². The second-order valence-electron chi connectivity index (χ2n) is 4.47. The fourth-order valence-electron chi connectivity index (χ4n) is 1.64. The summed E-state index contributed by atoms with van der Waals surface area (Å²) in [6.45, 7) is 7.78. The minimum atomic E-state index is 0.0999. The van der Waals surface area contributed by atoms with E-state index in [0.717, 1.165) is 13.1 Å². The van der Waals surface area contributed by atoms with Crippen molar-refractivity contribution < 1.29 is 9.59 Å². The van der Waals surface area contributed by atoms with E-state index in [1.807, 2.05) is 20.8 Å². The Kier molecular flexibility index (Phi) is 3.81. The smallest absolute Gasteiger partial charge is 0.149 e. The maximum atomic E-state index is 11.5. The molecule has 14 heavy (non-hydrogen) atoms. The standard InChI is InChI=1S/C11H19NO2/c1-8(2)11(14)7-12-5-4-10(13)9(3)6-12/h8-9H,4-7H2,1-3H3. The van der Waals surface area contributed by atoms with Gasteiger partial charge in [0, 0.05) is 31.3 Å². The first kappa shape index (κ1) is 11.4. The van der Waals surface area contributed by atoms with Crippen LogP contribution >= 0.6 is 0 Å². The van der Waals surface area contributed by atoms with Crippen molar-refractivity contribution >= 4 is 11.6 Å². The fourth-order valence-corrected chi connectivity index (χ4v) is 1.64. The molecule has 1 saturated heterocycles. The largest absolute Gasteiger partial charge is 0.299 e. The number of piperidine rings is 1. The van der Waals surface area contributed by atoms with Crippen molar-refractivity contribution in [1.29, 1.82) is 0 Å². The van der Waals surface area contributed by atoms with Gasteiger partial charge in [-0.05, 0) is 0 Å². The summed E-state index contributed by atoms with van der Waals surface area (Å²) in [5.41, 5.74) is 0. The molecule has 1 aliphatic heterocycles. The van der Waals surface area contributed by atoms with Gasteiger partial charge >= 0.3 is 0 Å². The molecule has 1 rings (SSSR count). The molecule has 0 spiro atoms. The van der Waals surface area contributed by atoms with E-state index in [0.29, 0.717) is 18.7 Å². The molecule has 0 radical (unpaired) electrons. The average Bonchev–Trinajstić information content (AvgIpc) is 2.11. The third-order valence-corrected chi connectivity index (χ3v) is 2.78. The van der Waals surface area contributed by atoms with Crippen molar-refractivity contribution in [3.05, 3.63) is 0 Å². The van der Waals surface area contributed by atoms with Crippen molar-refractivity contribution in [2.24, 2.45) is 11.8 Å². The molecule has 1 heterocycles. The third-order valence-electron chi connectivity index (χ3n) is 2.78. The van der Waals surface area contributed by atoms with Crippen LogP contribution in [0.15, 0.2) is 0 Å². The number of ketones is 2. The molecule has 1 aliphatic rings. The number of carbonyl (C=O) groups is 2. The molecule has 1 fully saturated rings. The number of nitrogens with zero attached hydrogens (tertiary/aromatic N) is 1. The minimum Gasteiger partial charge on any atom is -0.299 e. The summed E-state index contributed by atoms with van der Waals surface area (Å²) >= 11 is 0. The number of likely N-dealkylation sites (tertiary alicyclic amines) is 1. The predicted octanol–water partition coefficient (Wildman–Crippen LogP) is 1.12. The number of hydrogen-bond donors (Lipinski definition) is 0. The third kappa shape index (κ3) is 2.91. The number of carbonyl (C=O) groups excluding carboxylic acids is 2. The second-order valence-corrected chi connectivity index (χ2v) is 4.47. The lowest BCUT2D eigenvalue weighted by Gasteiger charge is -2.29. The molecule has 80 valence electrons. The van der Waals surface area contributed by atoms with Gasteiger partial charge in [-0.15, -0.1) is 0 Å². The Morgan fingerprint density at radius 1 is 1.57 bits per heavy atom. The van der Waals surface area contributed by atoms with Crippen LogP contribution in [-0.4, -0.2) is 36.1 Å².